The van der Waals surface area contributed by atoms with E-state index in [1.54, 1.807) is 0 Å². The second kappa shape index (κ2) is 6.82. The number of nitrogens with zero attached hydrogens (tertiary/aromatic N) is 1. The second-order valence-corrected chi connectivity index (χ2v) is 9.40. The Morgan fingerprint density at radius 3 is 2.79 bits per heavy atom. The average molecular weight is 386 g/mol. The Bertz CT molecular complexity index is 735. The highest BCUT2D eigenvalue weighted by molar-refractivity contribution is 5.78. The van der Waals surface area contributed by atoms with Crippen molar-refractivity contribution in [3.8, 4) is 0 Å². The fourth-order valence-corrected chi connectivity index (χ4v) is 6.10. The summed E-state index contributed by atoms with van der Waals surface area (Å²) in [4.78, 5) is 27.2. The Balaban J connectivity index is 1.42. The summed E-state index contributed by atoms with van der Waals surface area (Å²) in [6.07, 6.45) is 6.14. The molecular formula is C23H31NO4. The molecule has 0 aromatic heterocycles. The van der Waals surface area contributed by atoms with Gasteiger partial charge >= 0.3 is 0 Å². The van der Waals surface area contributed by atoms with Crippen molar-refractivity contribution in [2.24, 2.45) is 17.8 Å². The quantitative estimate of drug-likeness (QED) is 0.733. The summed E-state index contributed by atoms with van der Waals surface area (Å²) in [7, 11) is 0. The second-order valence-electron chi connectivity index (χ2n) is 9.40. The molecule has 2 bridgehead atoms. The van der Waals surface area contributed by atoms with E-state index >= 15 is 0 Å². The largest absolute Gasteiger partial charge is 0.321 e. The van der Waals surface area contributed by atoms with Crippen LogP contribution in [0.2, 0.25) is 0 Å². The smallest absolute Gasteiger partial charge is 0.225 e. The monoisotopic (exact) mass is 385 g/mol. The highest BCUT2D eigenvalue weighted by Crippen LogP contribution is 2.59. The molecule has 1 aliphatic carbocycles. The number of aryl methyl sites for hydroxylation is 1. The Hall–Kier alpha value is -1.43. The number of ether oxygens (including phenoxy) is 1. The Labute approximate surface area is 167 Å². The molecule has 1 spiro atoms. The van der Waals surface area contributed by atoms with Crippen LogP contribution < -0.4 is 0 Å². The molecule has 5 aliphatic rings. The maximum Gasteiger partial charge on any atom is 0.225 e. The van der Waals surface area contributed by atoms with Crippen molar-refractivity contribution in [2.45, 2.75) is 76.4 Å². The minimum atomic E-state index is -0.757. The fourth-order valence-electron chi connectivity index (χ4n) is 6.10. The zero-order valence-electron chi connectivity index (χ0n) is 16.9. The first-order valence-electron chi connectivity index (χ1n) is 10.9. The van der Waals surface area contributed by atoms with Gasteiger partial charge in [-0.3, -0.25) is 4.79 Å². The van der Waals surface area contributed by atoms with E-state index in [1.807, 2.05) is 17.9 Å². The van der Waals surface area contributed by atoms with Crippen LogP contribution in [-0.2, 0) is 25.7 Å². The van der Waals surface area contributed by atoms with E-state index in [0.29, 0.717) is 24.8 Å². The molecule has 0 N–H and O–H groups in total. The van der Waals surface area contributed by atoms with E-state index in [1.165, 1.54) is 5.56 Å². The maximum absolute atomic E-state index is 13.1. The van der Waals surface area contributed by atoms with Gasteiger partial charge in [0, 0.05) is 25.3 Å². The van der Waals surface area contributed by atoms with Crippen LogP contribution in [0.15, 0.2) is 30.3 Å². The van der Waals surface area contributed by atoms with Crippen LogP contribution in [0.1, 0.15) is 57.9 Å². The summed E-state index contributed by atoms with van der Waals surface area (Å²) in [6.45, 7) is 4.98. The van der Waals surface area contributed by atoms with Gasteiger partial charge in [0.25, 0.3) is 0 Å². The summed E-state index contributed by atoms with van der Waals surface area (Å²) < 4.78 is 6.52. The third kappa shape index (κ3) is 2.82. The van der Waals surface area contributed by atoms with Gasteiger partial charge in [-0.05, 0) is 56.4 Å². The minimum Gasteiger partial charge on any atom is -0.321 e. The molecule has 5 nitrogen and oxygen atoms in total. The van der Waals surface area contributed by atoms with E-state index in [9.17, 15) is 4.79 Å². The first kappa shape index (κ1) is 18.6. The zero-order chi connectivity index (χ0) is 19.4. The lowest BCUT2D eigenvalue weighted by atomic mass is 9.59. The molecule has 1 saturated carbocycles. The fraction of sp³-hybridized carbons (Fsp3) is 0.696. The van der Waals surface area contributed by atoms with Gasteiger partial charge in [0.15, 0.2) is 11.8 Å². The van der Waals surface area contributed by atoms with Crippen molar-refractivity contribution in [1.82, 2.24) is 4.90 Å². The van der Waals surface area contributed by atoms with E-state index in [4.69, 9.17) is 14.5 Å². The van der Waals surface area contributed by atoms with Crippen LogP contribution >= 0.6 is 0 Å². The highest BCUT2D eigenvalue weighted by atomic mass is 17.3. The molecule has 4 heterocycles. The molecule has 6 atom stereocenters. The molecule has 4 aliphatic heterocycles. The van der Waals surface area contributed by atoms with E-state index in [-0.39, 0.29) is 18.1 Å². The topological polar surface area (TPSA) is 48.0 Å². The molecule has 5 fully saturated rings. The van der Waals surface area contributed by atoms with Gasteiger partial charge < -0.3 is 9.64 Å². The van der Waals surface area contributed by atoms with Gasteiger partial charge in [-0.2, -0.15) is 0 Å². The number of carbonyl (C=O) groups excluding carboxylic acids is 1. The molecule has 6 unspecified atom stereocenters. The number of amides is 1. The van der Waals surface area contributed by atoms with Crippen molar-refractivity contribution >= 4 is 5.91 Å². The summed E-state index contributed by atoms with van der Waals surface area (Å²) in [5, 5.41) is 0. The van der Waals surface area contributed by atoms with Crippen molar-refractivity contribution in [1.29, 1.82) is 0 Å². The zero-order valence-corrected chi connectivity index (χ0v) is 16.9. The predicted molar refractivity (Wildman–Crippen MR) is 104 cm³/mol. The lowest BCUT2D eigenvalue weighted by molar-refractivity contribution is -0.546. The van der Waals surface area contributed by atoms with Crippen LogP contribution in [0.4, 0.5) is 0 Å². The van der Waals surface area contributed by atoms with E-state index < -0.39 is 11.4 Å². The first-order chi connectivity index (χ1) is 13.5. The number of hydrogen-bond donors (Lipinski definition) is 0. The van der Waals surface area contributed by atoms with Gasteiger partial charge in [-0.25, -0.2) is 9.78 Å². The van der Waals surface area contributed by atoms with Crippen LogP contribution in [0.3, 0.4) is 0 Å². The standard InChI is InChI=1S/C23H31NO4/c1-16-10-11-18-15-20(25)24(14-6-9-17-7-4-3-5-8-17)21-23(18)19(16)12-13-22(2,26-21)27-28-23/h3-5,7-8,16,18-19,21H,6,9-15H2,1-2H3. The summed E-state index contributed by atoms with van der Waals surface area (Å²) in [5.41, 5.74) is 0.802. The van der Waals surface area contributed by atoms with Gasteiger partial charge in [-0.15, -0.1) is 0 Å². The SMILES string of the molecule is CC1CCC2CC(=O)N(CCCc3ccccc3)C3OC4(C)CCC1C23OO4. The number of hydrogen-bond acceptors (Lipinski definition) is 4. The van der Waals surface area contributed by atoms with Crippen LogP contribution in [-0.4, -0.2) is 35.0 Å². The third-order valence-corrected chi connectivity index (χ3v) is 7.63. The van der Waals surface area contributed by atoms with E-state index in [0.717, 1.165) is 38.5 Å². The Morgan fingerprint density at radius 1 is 1.14 bits per heavy atom. The van der Waals surface area contributed by atoms with Crippen molar-refractivity contribution in [3.05, 3.63) is 35.9 Å². The molecule has 1 aromatic carbocycles. The summed E-state index contributed by atoms with van der Waals surface area (Å²) >= 11 is 0. The molecule has 0 radical (unpaired) electrons. The number of piperidine rings is 1. The molecule has 28 heavy (non-hydrogen) atoms. The van der Waals surface area contributed by atoms with Crippen molar-refractivity contribution in [3.63, 3.8) is 0 Å². The highest BCUT2D eigenvalue weighted by Gasteiger charge is 2.68. The first-order valence-corrected chi connectivity index (χ1v) is 10.9. The normalized spacial score (nSPS) is 42.2. The summed E-state index contributed by atoms with van der Waals surface area (Å²) in [5.74, 6) is 0.587. The lowest BCUT2D eigenvalue weighted by Crippen LogP contribution is -2.73. The molecule has 152 valence electrons. The lowest BCUT2D eigenvalue weighted by Gasteiger charge is -2.60. The number of benzene rings is 1. The van der Waals surface area contributed by atoms with Gasteiger partial charge in [-0.1, -0.05) is 37.3 Å². The van der Waals surface area contributed by atoms with Crippen LogP contribution in [0.25, 0.3) is 0 Å². The van der Waals surface area contributed by atoms with Crippen LogP contribution in [0, 0.1) is 17.8 Å². The van der Waals surface area contributed by atoms with Crippen molar-refractivity contribution < 1.29 is 19.3 Å². The van der Waals surface area contributed by atoms with Crippen molar-refractivity contribution in [2.75, 3.05) is 6.54 Å². The van der Waals surface area contributed by atoms with Gasteiger partial charge in [0.1, 0.15) is 0 Å². The minimum absolute atomic E-state index is 0.194. The number of fused-ring (bicyclic) bond motifs is 2. The molecule has 5 heteroatoms. The van der Waals surface area contributed by atoms with Crippen LogP contribution in [0.5, 0.6) is 0 Å². The molecule has 6 rings (SSSR count). The number of rotatable bonds is 4. The molecular weight excluding hydrogens is 354 g/mol. The molecule has 1 amide bonds. The maximum atomic E-state index is 13.1. The molecule has 4 saturated heterocycles. The summed E-state index contributed by atoms with van der Waals surface area (Å²) in [6, 6.07) is 10.5. The molecule has 1 aromatic rings. The Kier molecular flexibility index (Phi) is 4.53. The number of carbonyl (C=O) groups is 1. The van der Waals surface area contributed by atoms with Gasteiger partial charge in [0.2, 0.25) is 11.7 Å². The predicted octanol–water partition coefficient (Wildman–Crippen LogP) is 4.07. The number of likely N-dealkylation sites (tertiary alicyclic amines) is 1. The third-order valence-electron chi connectivity index (χ3n) is 7.63. The van der Waals surface area contributed by atoms with E-state index in [2.05, 4.69) is 31.2 Å². The Morgan fingerprint density at radius 2 is 1.96 bits per heavy atom. The average Bonchev–Trinajstić information content (AvgIpc) is 2.93. The van der Waals surface area contributed by atoms with Gasteiger partial charge in [0.05, 0.1) is 0 Å².